The van der Waals surface area contributed by atoms with Crippen molar-refractivity contribution in [2.75, 3.05) is 10.6 Å². The van der Waals surface area contributed by atoms with E-state index in [0.29, 0.717) is 17.1 Å². The van der Waals surface area contributed by atoms with E-state index in [9.17, 15) is 9.59 Å². The monoisotopic (exact) mass is 332 g/mol. The lowest BCUT2D eigenvalue weighted by atomic mass is 10.2. The van der Waals surface area contributed by atoms with Gasteiger partial charge in [0.2, 0.25) is 5.91 Å². The lowest BCUT2D eigenvalue weighted by Crippen LogP contribution is -2.16. The fraction of sp³-hybridized carbons (Fsp3) is 0.158. The van der Waals surface area contributed by atoms with Crippen molar-refractivity contribution < 1.29 is 9.59 Å². The van der Waals surface area contributed by atoms with Gasteiger partial charge in [-0.2, -0.15) is 0 Å². The van der Waals surface area contributed by atoms with E-state index in [4.69, 9.17) is 0 Å². The van der Waals surface area contributed by atoms with Crippen LogP contribution in [-0.4, -0.2) is 21.8 Å². The number of carbonyl (C=O) groups excluding carboxylic acids is 2. The van der Waals surface area contributed by atoms with Crippen LogP contribution in [0, 0.1) is 5.92 Å². The number of aromatic nitrogens is 2. The van der Waals surface area contributed by atoms with Crippen molar-refractivity contribution in [1.29, 1.82) is 0 Å². The summed E-state index contributed by atoms with van der Waals surface area (Å²) in [5.41, 5.74) is 1.91. The zero-order valence-corrected chi connectivity index (χ0v) is 13.4. The second-order valence-corrected chi connectivity index (χ2v) is 6.06. The van der Waals surface area contributed by atoms with Crippen LogP contribution in [-0.2, 0) is 4.79 Å². The molecule has 25 heavy (non-hydrogen) atoms. The van der Waals surface area contributed by atoms with Crippen LogP contribution in [0.25, 0.3) is 10.9 Å². The van der Waals surface area contributed by atoms with Gasteiger partial charge in [-0.1, -0.05) is 18.2 Å². The van der Waals surface area contributed by atoms with E-state index < -0.39 is 0 Å². The van der Waals surface area contributed by atoms with Crippen molar-refractivity contribution in [3.63, 3.8) is 0 Å². The third kappa shape index (κ3) is 3.47. The standard InChI is InChI=1S/C19H16N4O2/c24-18(12-5-6-12)23-17-10-14(7-8-20-17)19(25)22-15-9-13-3-1-2-4-16(13)21-11-15/h1-4,7-12H,5-6H2,(H,22,25)(H,20,23,24). The molecule has 0 bridgehead atoms. The number of carbonyl (C=O) groups is 2. The number of amides is 2. The Morgan fingerprint density at radius 2 is 1.84 bits per heavy atom. The SMILES string of the molecule is O=C(Nc1cnc2ccccc2c1)c1ccnc(NC(=O)C2CC2)c1. The Hall–Kier alpha value is -3.28. The minimum Gasteiger partial charge on any atom is -0.321 e. The highest BCUT2D eigenvalue weighted by Gasteiger charge is 2.29. The highest BCUT2D eigenvalue weighted by Crippen LogP contribution is 2.30. The molecule has 124 valence electrons. The topological polar surface area (TPSA) is 84.0 Å². The Labute approximate surface area is 144 Å². The summed E-state index contributed by atoms with van der Waals surface area (Å²) in [6.07, 6.45) is 4.97. The Balaban J connectivity index is 1.50. The van der Waals surface area contributed by atoms with E-state index in [0.717, 1.165) is 23.7 Å². The first-order valence-corrected chi connectivity index (χ1v) is 8.12. The smallest absolute Gasteiger partial charge is 0.255 e. The largest absolute Gasteiger partial charge is 0.321 e. The number of para-hydroxylation sites is 1. The van der Waals surface area contributed by atoms with Crippen LogP contribution in [0.15, 0.2) is 54.9 Å². The highest BCUT2D eigenvalue weighted by atomic mass is 16.2. The summed E-state index contributed by atoms with van der Waals surface area (Å²) >= 11 is 0. The molecule has 0 saturated heterocycles. The van der Waals surface area contributed by atoms with Crippen LogP contribution in [0.5, 0.6) is 0 Å². The van der Waals surface area contributed by atoms with Crippen molar-refractivity contribution in [2.24, 2.45) is 5.92 Å². The molecule has 2 N–H and O–H groups in total. The van der Waals surface area contributed by atoms with Gasteiger partial charge in [0, 0.05) is 23.1 Å². The molecule has 0 unspecified atom stereocenters. The average molecular weight is 332 g/mol. The Morgan fingerprint density at radius 1 is 1.00 bits per heavy atom. The van der Waals surface area contributed by atoms with Gasteiger partial charge in [-0.25, -0.2) is 4.98 Å². The van der Waals surface area contributed by atoms with Gasteiger partial charge >= 0.3 is 0 Å². The van der Waals surface area contributed by atoms with E-state index in [1.807, 2.05) is 30.3 Å². The number of rotatable bonds is 4. The van der Waals surface area contributed by atoms with Gasteiger partial charge in [-0.05, 0) is 37.1 Å². The molecule has 0 atom stereocenters. The molecule has 1 aliphatic carbocycles. The van der Waals surface area contributed by atoms with Crippen LogP contribution in [0.4, 0.5) is 11.5 Å². The molecule has 6 heteroatoms. The fourth-order valence-electron chi connectivity index (χ4n) is 2.56. The first-order valence-electron chi connectivity index (χ1n) is 8.12. The minimum atomic E-state index is -0.276. The molecule has 1 fully saturated rings. The molecule has 6 nitrogen and oxygen atoms in total. The maximum atomic E-state index is 12.5. The zero-order valence-electron chi connectivity index (χ0n) is 13.4. The number of nitrogens with zero attached hydrogens (tertiary/aromatic N) is 2. The zero-order chi connectivity index (χ0) is 17.2. The Bertz CT molecular complexity index is 966. The van der Waals surface area contributed by atoms with Crippen molar-refractivity contribution in [1.82, 2.24) is 9.97 Å². The molecule has 2 amide bonds. The predicted octanol–water partition coefficient (Wildman–Crippen LogP) is 3.23. The first kappa shape index (κ1) is 15.3. The van der Waals surface area contributed by atoms with Crippen molar-refractivity contribution >= 4 is 34.2 Å². The summed E-state index contributed by atoms with van der Waals surface area (Å²) in [6, 6.07) is 12.8. The molecule has 0 aliphatic heterocycles. The highest BCUT2D eigenvalue weighted by molar-refractivity contribution is 6.05. The van der Waals surface area contributed by atoms with Gasteiger partial charge in [0.15, 0.2) is 0 Å². The molecule has 2 aromatic heterocycles. The second kappa shape index (κ2) is 6.32. The van der Waals surface area contributed by atoms with Crippen molar-refractivity contribution in [2.45, 2.75) is 12.8 Å². The van der Waals surface area contributed by atoms with Gasteiger partial charge in [-0.3, -0.25) is 14.6 Å². The summed E-state index contributed by atoms with van der Waals surface area (Å²) in [7, 11) is 0. The summed E-state index contributed by atoms with van der Waals surface area (Å²) < 4.78 is 0. The number of fused-ring (bicyclic) bond motifs is 1. The third-order valence-corrected chi connectivity index (χ3v) is 4.07. The fourth-order valence-corrected chi connectivity index (χ4v) is 2.56. The lowest BCUT2D eigenvalue weighted by Gasteiger charge is -2.08. The van der Waals surface area contributed by atoms with Crippen molar-refractivity contribution in [3.05, 3.63) is 60.4 Å². The summed E-state index contributed by atoms with van der Waals surface area (Å²) in [5.74, 6) is 0.161. The molecule has 0 radical (unpaired) electrons. The van der Waals surface area contributed by atoms with Crippen LogP contribution in [0.1, 0.15) is 23.2 Å². The van der Waals surface area contributed by atoms with Crippen LogP contribution >= 0.6 is 0 Å². The van der Waals surface area contributed by atoms with Crippen LogP contribution in [0.2, 0.25) is 0 Å². The predicted molar refractivity (Wildman–Crippen MR) is 95.3 cm³/mol. The van der Waals surface area contributed by atoms with Crippen LogP contribution < -0.4 is 10.6 Å². The van der Waals surface area contributed by atoms with E-state index >= 15 is 0 Å². The number of anilines is 2. The van der Waals surface area contributed by atoms with E-state index in [2.05, 4.69) is 20.6 Å². The molecule has 0 spiro atoms. The summed E-state index contributed by atoms with van der Waals surface area (Å²) in [4.78, 5) is 32.7. The number of pyridine rings is 2. The lowest BCUT2D eigenvalue weighted by molar-refractivity contribution is -0.117. The van der Waals surface area contributed by atoms with Gasteiger partial charge in [0.1, 0.15) is 5.82 Å². The van der Waals surface area contributed by atoms with Gasteiger partial charge in [0.05, 0.1) is 17.4 Å². The molecular formula is C19H16N4O2. The molecule has 1 aromatic carbocycles. The normalized spacial score (nSPS) is 13.4. The van der Waals surface area contributed by atoms with E-state index in [1.54, 1.807) is 18.3 Å². The maximum absolute atomic E-state index is 12.5. The minimum absolute atomic E-state index is 0.0382. The number of hydrogen-bond acceptors (Lipinski definition) is 4. The second-order valence-electron chi connectivity index (χ2n) is 6.06. The molecule has 4 rings (SSSR count). The molecule has 1 aliphatic rings. The molecular weight excluding hydrogens is 316 g/mol. The molecule has 2 heterocycles. The molecule has 1 saturated carbocycles. The van der Waals surface area contributed by atoms with Crippen molar-refractivity contribution in [3.8, 4) is 0 Å². The van der Waals surface area contributed by atoms with Gasteiger partial charge < -0.3 is 10.6 Å². The molecule has 3 aromatic rings. The van der Waals surface area contributed by atoms with Gasteiger partial charge in [0.25, 0.3) is 5.91 Å². The maximum Gasteiger partial charge on any atom is 0.255 e. The quantitative estimate of drug-likeness (QED) is 0.768. The number of nitrogens with one attached hydrogen (secondary N) is 2. The summed E-state index contributed by atoms with van der Waals surface area (Å²) in [5, 5.41) is 6.52. The first-order chi connectivity index (χ1) is 12.2. The average Bonchev–Trinajstić information content (AvgIpc) is 3.47. The summed E-state index contributed by atoms with van der Waals surface area (Å²) in [6.45, 7) is 0. The number of benzene rings is 1. The third-order valence-electron chi connectivity index (χ3n) is 4.07. The van der Waals surface area contributed by atoms with Gasteiger partial charge in [-0.15, -0.1) is 0 Å². The van der Waals surface area contributed by atoms with E-state index in [-0.39, 0.29) is 17.7 Å². The Morgan fingerprint density at radius 3 is 2.68 bits per heavy atom. The van der Waals surface area contributed by atoms with E-state index in [1.165, 1.54) is 6.20 Å². The van der Waals surface area contributed by atoms with Crippen LogP contribution in [0.3, 0.4) is 0 Å². The number of hydrogen-bond donors (Lipinski definition) is 2. The Kier molecular flexibility index (Phi) is 3.85.